The summed E-state index contributed by atoms with van der Waals surface area (Å²) in [6, 6.07) is 14.8. The Labute approximate surface area is 197 Å². The molecule has 0 aliphatic heterocycles. The monoisotopic (exact) mass is 450 g/mol. The first-order chi connectivity index (χ1) is 15.5. The average molecular weight is 451 g/mol. The molecular formula is C27H34N2O4. The summed E-state index contributed by atoms with van der Waals surface area (Å²) in [5.74, 6) is 1.71. The molecule has 0 aliphatic rings. The van der Waals surface area contributed by atoms with Crippen LogP contribution in [0.4, 0.5) is 0 Å². The van der Waals surface area contributed by atoms with Gasteiger partial charge in [0.25, 0.3) is 5.91 Å². The molecule has 6 nitrogen and oxygen atoms in total. The predicted octanol–water partition coefficient (Wildman–Crippen LogP) is 5.52. The standard InChI is InChI=1S/C27H34N2O4/c1-26(2,3)18-27(4,5)29-25(30)20(16-28)14-19-8-13-24(32-7)21(15-19)17-33-23-11-9-22(31-6)10-12-23/h8-15H,17-18H2,1-7H3,(H,29,30)/b20-14+. The van der Waals surface area contributed by atoms with Crippen LogP contribution in [0.3, 0.4) is 0 Å². The van der Waals surface area contributed by atoms with E-state index in [-0.39, 0.29) is 17.6 Å². The minimum absolute atomic E-state index is 0.0437. The van der Waals surface area contributed by atoms with Crippen LogP contribution in [0.25, 0.3) is 6.08 Å². The molecular weight excluding hydrogens is 416 g/mol. The van der Waals surface area contributed by atoms with Crippen LogP contribution >= 0.6 is 0 Å². The molecule has 0 fully saturated rings. The smallest absolute Gasteiger partial charge is 0.262 e. The number of nitriles is 1. The Morgan fingerprint density at radius 3 is 2.18 bits per heavy atom. The molecule has 176 valence electrons. The first kappa shape index (κ1) is 25.8. The number of nitrogens with zero attached hydrogens (tertiary/aromatic N) is 1. The third kappa shape index (κ3) is 8.19. The van der Waals surface area contributed by atoms with E-state index < -0.39 is 11.4 Å². The largest absolute Gasteiger partial charge is 0.497 e. The number of rotatable bonds is 9. The van der Waals surface area contributed by atoms with Crippen molar-refractivity contribution in [3.05, 3.63) is 59.2 Å². The summed E-state index contributed by atoms with van der Waals surface area (Å²) in [5.41, 5.74) is 1.16. The Kier molecular flexibility index (Phi) is 8.53. The maximum absolute atomic E-state index is 12.8. The molecule has 0 unspecified atom stereocenters. The summed E-state index contributed by atoms with van der Waals surface area (Å²) in [7, 11) is 3.20. The van der Waals surface area contributed by atoms with E-state index in [0.717, 1.165) is 17.7 Å². The second kappa shape index (κ2) is 10.9. The highest BCUT2D eigenvalue weighted by atomic mass is 16.5. The van der Waals surface area contributed by atoms with Crippen LogP contribution in [0, 0.1) is 16.7 Å². The SMILES string of the molecule is COc1ccc(OCc2cc(/C=C(\C#N)C(=O)NC(C)(C)CC(C)(C)C)ccc2OC)cc1. The Bertz CT molecular complexity index is 1030. The van der Waals surface area contributed by atoms with Crippen molar-refractivity contribution in [2.75, 3.05) is 14.2 Å². The van der Waals surface area contributed by atoms with Crippen LogP contribution in [0.2, 0.25) is 0 Å². The molecule has 0 saturated carbocycles. The molecule has 0 aliphatic carbocycles. The van der Waals surface area contributed by atoms with Crippen molar-refractivity contribution < 1.29 is 19.0 Å². The molecule has 2 aromatic rings. The van der Waals surface area contributed by atoms with E-state index in [1.807, 2.05) is 50.2 Å². The van der Waals surface area contributed by atoms with Gasteiger partial charge in [-0.25, -0.2) is 0 Å². The van der Waals surface area contributed by atoms with Crippen molar-refractivity contribution in [3.63, 3.8) is 0 Å². The topological polar surface area (TPSA) is 80.6 Å². The summed E-state index contributed by atoms with van der Waals surface area (Å²) in [5, 5.41) is 12.6. The maximum Gasteiger partial charge on any atom is 0.262 e. The number of carbonyl (C=O) groups excluding carboxylic acids is 1. The van der Waals surface area contributed by atoms with Gasteiger partial charge in [0.05, 0.1) is 14.2 Å². The predicted molar refractivity (Wildman–Crippen MR) is 130 cm³/mol. The average Bonchev–Trinajstić information content (AvgIpc) is 2.74. The normalized spacial score (nSPS) is 12.0. The zero-order valence-corrected chi connectivity index (χ0v) is 20.6. The van der Waals surface area contributed by atoms with Gasteiger partial charge in [-0.05, 0) is 73.7 Å². The summed E-state index contributed by atoms with van der Waals surface area (Å²) in [6.07, 6.45) is 2.36. The number of hydrogen-bond acceptors (Lipinski definition) is 5. The van der Waals surface area contributed by atoms with Gasteiger partial charge in [-0.15, -0.1) is 0 Å². The number of nitrogens with one attached hydrogen (secondary N) is 1. The number of methoxy groups -OCH3 is 2. The van der Waals surface area contributed by atoms with E-state index >= 15 is 0 Å². The lowest BCUT2D eigenvalue weighted by molar-refractivity contribution is -0.118. The molecule has 1 N–H and O–H groups in total. The minimum atomic E-state index is -0.442. The van der Waals surface area contributed by atoms with Crippen LogP contribution in [0.5, 0.6) is 17.2 Å². The Morgan fingerprint density at radius 1 is 1.00 bits per heavy atom. The number of amides is 1. The van der Waals surface area contributed by atoms with Crippen LogP contribution in [-0.4, -0.2) is 25.7 Å². The number of ether oxygens (including phenoxy) is 3. The third-order valence-corrected chi connectivity index (χ3v) is 4.86. The molecule has 0 bridgehead atoms. The van der Waals surface area contributed by atoms with Crippen LogP contribution in [0.15, 0.2) is 48.0 Å². The quantitative estimate of drug-likeness (QED) is 0.402. The van der Waals surface area contributed by atoms with Gasteiger partial charge in [0, 0.05) is 11.1 Å². The highest BCUT2D eigenvalue weighted by Crippen LogP contribution is 2.28. The van der Waals surface area contributed by atoms with E-state index in [1.54, 1.807) is 32.4 Å². The fourth-order valence-electron chi connectivity index (χ4n) is 3.89. The van der Waals surface area contributed by atoms with Crippen LogP contribution < -0.4 is 19.5 Å². The number of benzene rings is 2. The molecule has 33 heavy (non-hydrogen) atoms. The van der Waals surface area contributed by atoms with Gasteiger partial charge in [-0.1, -0.05) is 26.8 Å². The van der Waals surface area contributed by atoms with Crippen LogP contribution in [-0.2, 0) is 11.4 Å². The summed E-state index contributed by atoms with van der Waals surface area (Å²) < 4.78 is 16.5. The van der Waals surface area contributed by atoms with E-state index in [0.29, 0.717) is 17.1 Å². The Hall–Kier alpha value is -3.46. The molecule has 0 radical (unpaired) electrons. The summed E-state index contributed by atoms with van der Waals surface area (Å²) in [4.78, 5) is 12.8. The highest BCUT2D eigenvalue weighted by Gasteiger charge is 2.28. The maximum atomic E-state index is 12.8. The van der Waals surface area contributed by atoms with Crippen molar-refractivity contribution in [2.24, 2.45) is 5.41 Å². The van der Waals surface area contributed by atoms with Gasteiger partial charge in [0.2, 0.25) is 0 Å². The zero-order valence-electron chi connectivity index (χ0n) is 20.6. The highest BCUT2D eigenvalue weighted by molar-refractivity contribution is 6.02. The van der Waals surface area contributed by atoms with Crippen molar-refractivity contribution in [1.82, 2.24) is 5.32 Å². The molecule has 0 saturated heterocycles. The molecule has 0 heterocycles. The molecule has 6 heteroatoms. The Balaban J connectivity index is 2.20. The van der Waals surface area contributed by atoms with Crippen molar-refractivity contribution in [3.8, 4) is 23.3 Å². The number of hydrogen-bond donors (Lipinski definition) is 1. The molecule has 0 spiro atoms. The van der Waals surface area contributed by atoms with E-state index in [2.05, 4.69) is 26.1 Å². The fourth-order valence-corrected chi connectivity index (χ4v) is 3.89. The lowest BCUT2D eigenvalue weighted by Gasteiger charge is -2.33. The Morgan fingerprint density at radius 2 is 1.64 bits per heavy atom. The van der Waals surface area contributed by atoms with E-state index in [9.17, 15) is 10.1 Å². The summed E-state index contributed by atoms with van der Waals surface area (Å²) >= 11 is 0. The van der Waals surface area contributed by atoms with Crippen molar-refractivity contribution >= 4 is 12.0 Å². The van der Waals surface area contributed by atoms with Gasteiger partial charge in [0.1, 0.15) is 35.5 Å². The van der Waals surface area contributed by atoms with E-state index in [4.69, 9.17) is 14.2 Å². The van der Waals surface area contributed by atoms with Gasteiger partial charge in [-0.3, -0.25) is 4.79 Å². The summed E-state index contributed by atoms with van der Waals surface area (Å²) in [6.45, 7) is 10.6. The second-order valence-electron chi connectivity index (χ2n) is 9.78. The molecule has 1 amide bonds. The lowest BCUT2D eigenvalue weighted by atomic mass is 9.81. The third-order valence-electron chi connectivity index (χ3n) is 4.86. The number of carbonyl (C=O) groups is 1. The van der Waals surface area contributed by atoms with Gasteiger partial charge < -0.3 is 19.5 Å². The van der Waals surface area contributed by atoms with Gasteiger partial charge in [0.15, 0.2) is 0 Å². The van der Waals surface area contributed by atoms with Crippen molar-refractivity contribution in [2.45, 2.75) is 53.2 Å². The minimum Gasteiger partial charge on any atom is -0.497 e. The van der Waals surface area contributed by atoms with Crippen molar-refractivity contribution in [1.29, 1.82) is 5.26 Å². The first-order valence-corrected chi connectivity index (χ1v) is 10.8. The molecule has 0 aromatic heterocycles. The van der Waals surface area contributed by atoms with Crippen LogP contribution in [0.1, 0.15) is 52.2 Å². The first-order valence-electron chi connectivity index (χ1n) is 10.8. The van der Waals surface area contributed by atoms with Gasteiger partial charge >= 0.3 is 0 Å². The molecule has 2 rings (SSSR count). The lowest BCUT2D eigenvalue weighted by Crippen LogP contribution is -2.46. The molecule has 2 aromatic carbocycles. The van der Waals surface area contributed by atoms with E-state index in [1.165, 1.54) is 0 Å². The molecule has 0 atom stereocenters. The van der Waals surface area contributed by atoms with Gasteiger partial charge in [-0.2, -0.15) is 5.26 Å². The second-order valence-corrected chi connectivity index (χ2v) is 9.78. The zero-order chi connectivity index (χ0) is 24.6. The fraction of sp³-hybridized carbons (Fsp3) is 0.407.